The summed E-state index contributed by atoms with van der Waals surface area (Å²) in [5.74, 6) is 0.315. The highest BCUT2D eigenvalue weighted by atomic mass is 16.3. The molecule has 0 aliphatic rings. The fraction of sp³-hybridized carbons (Fsp3) is 0. The lowest BCUT2D eigenvalue weighted by Gasteiger charge is -2.01. The van der Waals surface area contributed by atoms with Gasteiger partial charge >= 0.3 is 0 Å². The third-order valence-electron chi connectivity index (χ3n) is 2.61. The highest BCUT2D eigenvalue weighted by molar-refractivity contribution is 6.34. The number of phenolic OH excluding ortho intramolecular Hbond substituents is 3. The highest BCUT2D eigenvalue weighted by Crippen LogP contribution is 2.22. The monoisotopic (exact) mass is 240 g/mol. The fourth-order valence-corrected chi connectivity index (χ4v) is 1.69. The van der Waals surface area contributed by atoms with E-state index in [2.05, 4.69) is 0 Å². The molecular formula is C14H13BO3. The van der Waals surface area contributed by atoms with Crippen molar-refractivity contribution in [1.82, 2.24) is 0 Å². The minimum atomic E-state index is 0.0246. The Kier molecular flexibility index (Phi) is 3.28. The number of hydrogen-bond donors (Lipinski definition) is 3. The third kappa shape index (κ3) is 2.85. The molecule has 2 rings (SSSR count). The highest BCUT2D eigenvalue weighted by Gasteiger charge is 1.97. The molecule has 18 heavy (non-hydrogen) atoms. The molecule has 0 bridgehead atoms. The summed E-state index contributed by atoms with van der Waals surface area (Å²) in [7, 11) is 1.83. The molecule has 0 amide bonds. The van der Waals surface area contributed by atoms with Crippen LogP contribution >= 0.6 is 0 Å². The molecule has 3 N–H and O–H groups in total. The lowest BCUT2D eigenvalue weighted by Crippen LogP contribution is -2.02. The average molecular weight is 240 g/mol. The summed E-state index contributed by atoms with van der Waals surface area (Å²) in [4.78, 5) is 0. The van der Waals surface area contributed by atoms with E-state index in [1.54, 1.807) is 30.3 Å². The van der Waals surface area contributed by atoms with Gasteiger partial charge in [-0.1, -0.05) is 24.3 Å². The van der Waals surface area contributed by atoms with Crippen LogP contribution in [0.4, 0.5) is 0 Å². The van der Waals surface area contributed by atoms with E-state index in [0.717, 1.165) is 11.0 Å². The van der Waals surface area contributed by atoms with Crippen LogP contribution in [0, 0.1) is 0 Å². The van der Waals surface area contributed by atoms with Crippen LogP contribution in [0.1, 0.15) is 11.1 Å². The van der Waals surface area contributed by atoms with E-state index >= 15 is 0 Å². The van der Waals surface area contributed by atoms with Crippen molar-refractivity contribution in [3.8, 4) is 17.2 Å². The molecule has 2 aromatic carbocycles. The van der Waals surface area contributed by atoms with Gasteiger partial charge in [0.2, 0.25) is 0 Å². The van der Waals surface area contributed by atoms with E-state index in [1.165, 1.54) is 6.07 Å². The standard InChI is InChI=1S/C14H13BO3/c15-13-7-9(3-4-14(13)18)1-2-10-5-11(16)8-12(17)6-10/h1-8,16-18H,15H2/b2-1+. The number of benzene rings is 2. The Balaban J connectivity index is 2.27. The molecule has 0 saturated carbocycles. The van der Waals surface area contributed by atoms with Crippen LogP contribution in [-0.2, 0) is 0 Å². The molecule has 0 radical (unpaired) electrons. The van der Waals surface area contributed by atoms with E-state index < -0.39 is 0 Å². The zero-order valence-electron chi connectivity index (χ0n) is 9.96. The largest absolute Gasteiger partial charge is 0.509 e. The van der Waals surface area contributed by atoms with Crippen LogP contribution in [0.3, 0.4) is 0 Å². The summed E-state index contributed by atoms with van der Waals surface area (Å²) in [6.07, 6.45) is 3.63. The van der Waals surface area contributed by atoms with Crippen LogP contribution in [0.2, 0.25) is 0 Å². The van der Waals surface area contributed by atoms with Crippen molar-refractivity contribution >= 4 is 25.5 Å². The number of hydrogen-bond acceptors (Lipinski definition) is 3. The van der Waals surface area contributed by atoms with Crippen LogP contribution in [-0.4, -0.2) is 23.2 Å². The van der Waals surface area contributed by atoms with Crippen LogP contribution in [0.5, 0.6) is 17.2 Å². The van der Waals surface area contributed by atoms with E-state index in [1.807, 2.05) is 20.0 Å². The maximum atomic E-state index is 9.41. The molecular weight excluding hydrogens is 227 g/mol. The number of rotatable bonds is 2. The first-order chi connectivity index (χ1) is 8.54. The van der Waals surface area contributed by atoms with Gasteiger partial charge in [0.25, 0.3) is 0 Å². The first-order valence-electron chi connectivity index (χ1n) is 5.55. The van der Waals surface area contributed by atoms with Gasteiger partial charge in [-0.3, -0.25) is 0 Å². The lowest BCUT2D eigenvalue weighted by molar-refractivity contribution is 0.450. The van der Waals surface area contributed by atoms with Gasteiger partial charge in [-0.25, -0.2) is 0 Å². The Morgan fingerprint density at radius 3 is 2.00 bits per heavy atom. The Labute approximate surface area is 106 Å². The molecule has 0 aliphatic carbocycles. The Morgan fingerprint density at radius 2 is 1.39 bits per heavy atom. The van der Waals surface area contributed by atoms with Crippen LogP contribution in [0.25, 0.3) is 12.2 Å². The fourth-order valence-electron chi connectivity index (χ4n) is 1.69. The first-order valence-corrected chi connectivity index (χ1v) is 5.55. The van der Waals surface area contributed by atoms with Crippen LogP contribution in [0.15, 0.2) is 36.4 Å². The molecule has 90 valence electrons. The maximum Gasteiger partial charge on any atom is 0.144 e. The van der Waals surface area contributed by atoms with Gasteiger partial charge in [-0.05, 0) is 34.8 Å². The lowest BCUT2D eigenvalue weighted by atomic mass is 9.93. The van der Waals surface area contributed by atoms with Crippen molar-refractivity contribution in [2.45, 2.75) is 0 Å². The van der Waals surface area contributed by atoms with E-state index in [4.69, 9.17) is 0 Å². The van der Waals surface area contributed by atoms with Gasteiger partial charge in [0.05, 0.1) is 0 Å². The molecule has 0 fully saturated rings. The van der Waals surface area contributed by atoms with Gasteiger partial charge in [0.15, 0.2) is 0 Å². The topological polar surface area (TPSA) is 60.7 Å². The van der Waals surface area contributed by atoms with E-state index in [-0.39, 0.29) is 17.2 Å². The predicted octanol–water partition coefficient (Wildman–Crippen LogP) is 1.23. The van der Waals surface area contributed by atoms with Gasteiger partial charge in [0.1, 0.15) is 25.1 Å². The van der Waals surface area contributed by atoms with Crippen molar-refractivity contribution in [3.63, 3.8) is 0 Å². The quantitative estimate of drug-likeness (QED) is 0.546. The summed E-state index contributed by atoms with van der Waals surface area (Å²) in [5.41, 5.74) is 2.45. The molecule has 0 aromatic heterocycles. The van der Waals surface area contributed by atoms with Gasteiger partial charge < -0.3 is 15.3 Å². The zero-order valence-corrected chi connectivity index (χ0v) is 9.96. The molecule has 4 heteroatoms. The Morgan fingerprint density at radius 1 is 0.778 bits per heavy atom. The number of aromatic hydroxyl groups is 3. The third-order valence-corrected chi connectivity index (χ3v) is 2.61. The van der Waals surface area contributed by atoms with E-state index in [9.17, 15) is 15.3 Å². The zero-order chi connectivity index (χ0) is 13.1. The molecule has 0 unspecified atom stereocenters. The van der Waals surface area contributed by atoms with Gasteiger partial charge in [0, 0.05) is 6.07 Å². The van der Waals surface area contributed by atoms with Crippen molar-refractivity contribution in [1.29, 1.82) is 0 Å². The first kappa shape index (κ1) is 12.1. The summed E-state index contributed by atoms with van der Waals surface area (Å²) in [6, 6.07) is 9.68. The molecule has 3 nitrogen and oxygen atoms in total. The van der Waals surface area contributed by atoms with Gasteiger partial charge in [-0.2, -0.15) is 0 Å². The van der Waals surface area contributed by atoms with Gasteiger partial charge in [-0.15, -0.1) is 0 Å². The van der Waals surface area contributed by atoms with Crippen molar-refractivity contribution in [2.75, 3.05) is 0 Å². The molecule has 0 atom stereocenters. The molecule has 0 heterocycles. The van der Waals surface area contributed by atoms with Crippen molar-refractivity contribution in [2.24, 2.45) is 0 Å². The summed E-state index contributed by atoms with van der Waals surface area (Å²) in [6.45, 7) is 0. The summed E-state index contributed by atoms with van der Waals surface area (Å²) < 4.78 is 0. The van der Waals surface area contributed by atoms with Crippen LogP contribution < -0.4 is 5.46 Å². The minimum Gasteiger partial charge on any atom is -0.509 e. The van der Waals surface area contributed by atoms with Crippen molar-refractivity contribution < 1.29 is 15.3 Å². The molecule has 0 spiro atoms. The SMILES string of the molecule is Bc1cc(/C=C/c2cc(O)cc(O)c2)ccc1O. The maximum absolute atomic E-state index is 9.41. The smallest absolute Gasteiger partial charge is 0.144 e. The molecule has 2 aromatic rings. The second-order valence-corrected chi connectivity index (χ2v) is 4.16. The number of phenols is 3. The summed E-state index contributed by atoms with van der Waals surface area (Å²) >= 11 is 0. The second kappa shape index (κ2) is 4.88. The Bertz CT molecular complexity index is 586. The normalized spacial score (nSPS) is 10.9. The molecule has 0 saturated heterocycles. The minimum absolute atomic E-state index is 0.0246. The average Bonchev–Trinajstić information content (AvgIpc) is 2.29. The van der Waals surface area contributed by atoms with Crippen molar-refractivity contribution in [3.05, 3.63) is 47.5 Å². The Hall–Kier alpha value is -2.36. The van der Waals surface area contributed by atoms with E-state index in [0.29, 0.717) is 5.56 Å². The molecule has 0 aliphatic heterocycles. The second-order valence-electron chi connectivity index (χ2n) is 4.16. The predicted molar refractivity (Wildman–Crippen MR) is 75.0 cm³/mol. The summed E-state index contributed by atoms with van der Waals surface area (Å²) in [5, 5.41) is 28.1.